The summed E-state index contributed by atoms with van der Waals surface area (Å²) in [5.74, 6) is -0.796. The van der Waals surface area contributed by atoms with Crippen molar-refractivity contribution in [1.82, 2.24) is 9.36 Å². The van der Waals surface area contributed by atoms with E-state index in [0.717, 1.165) is 24.3 Å². The van der Waals surface area contributed by atoms with Crippen LogP contribution in [0.1, 0.15) is 15.9 Å². The molecule has 1 aromatic heterocycles. The third kappa shape index (κ3) is 6.45. The van der Waals surface area contributed by atoms with Crippen molar-refractivity contribution >= 4 is 58.2 Å². The zero-order chi connectivity index (χ0) is 22.4. The summed E-state index contributed by atoms with van der Waals surface area (Å²) in [6.45, 7) is 0. The Morgan fingerprint density at radius 2 is 1.68 bits per heavy atom. The minimum Gasteiger partial charge on any atom is -0.324 e. The van der Waals surface area contributed by atoms with Crippen LogP contribution < -0.4 is 10.6 Å². The van der Waals surface area contributed by atoms with E-state index in [1.54, 1.807) is 24.3 Å². The minimum absolute atomic E-state index is 0.0607. The standard InChI is InChI=1S/C19H15F3N4O2S3/c1-29-17-25-18(31-26-17)30-10-15(27)23-13-4-2-3-5-14(13)24-16(28)11-6-8-12(9-7-11)19(20,21)22/h2-9H,10H2,1H3,(H,23,27)(H,24,28). The summed E-state index contributed by atoms with van der Waals surface area (Å²) >= 11 is 3.86. The molecule has 0 saturated carbocycles. The van der Waals surface area contributed by atoms with Crippen LogP contribution in [0, 0.1) is 0 Å². The highest BCUT2D eigenvalue weighted by atomic mass is 32.2. The molecule has 31 heavy (non-hydrogen) atoms. The summed E-state index contributed by atoms with van der Waals surface area (Å²) < 4.78 is 42.8. The lowest BCUT2D eigenvalue weighted by Crippen LogP contribution is -2.18. The highest BCUT2D eigenvalue weighted by Crippen LogP contribution is 2.29. The molecule has 0 aliphatic heterocycles. The molecule has 0 radical (unpaired) electrons. The molecule has 0 fully saturated rings. The van der Waals surface area contributed by atoms with Crippen LogP contribution in [0.15, 0.2) is 58.0 Å². The van der Waals surface area contributed by atoms with E-state index in [2.05, 4.69) is 20.0 Å². The third-order valence-corrected chi connectivity index (χ3v) is 6.32. The second-order valence-electron chi connectivity index (χ2n) is 5.96. The lowest BCUT2D eigenvalue weighted by molar-refractivity contribution is -0.137. The van der Waals surface area contributed by atoms with E-state index in [9.17, 15) is 22.8 Å². The number of aromatic nitrogens is 2. The zero-order valence-corrected chi connectivity index (χ0v) is 18.3. The smallest absolute Gasteiger partial charge is 0.324 e. The number of hydrogen-bond donors (Lipinski definition) is 2. The number of amides is 2. The van der Waals surface area contributed by atoms with Gasteiger partial charge in [0.25, 0.3) is 5.91 Å². The number of anilines is 2. The Morgan fingerprint density at radius 3 is 2.26 bits per heavy atom. The maximum atomic E-state index is 12.7. The molecular weight excluding hydrogens is 469 g/mol. The SMILES string of the molecule is CSc1nsc(SCC(=O)Nc2ccccc2NC(=O)c2ccc(C(F)(F)F)cc2)n1. The fourth-order valence-electron chi connectivity index (χ4n) is 2.36. The van der Waals surface area contributed by atoms with E-state index < -0.39 is 17.6 Å². The van der Waals surface area contributed by atoms with Gasteiger partial charge in [0.2, 0.25) is 11.1 Å². The maximum absolute atomic E-state index is 12.7. The lowest BCUT2D eigenvalue weighted by Gasteiger charge is -2.12. The molecule has 0 spiro atoms. The molecule has 1 heterocycles. The van der Waals surface area contributed by atoms with E-state index in [1.807, 2.05) is 6.26 Å². The molecule has 2 aromatic carbocycles. The first-order chi connectivity index (χ1) is 14.8. The van der Waals surface area contributed by atoms with Gasteiger partial charge in [-0.1, -0.05) is 35.7 Å². The van der Waals surface area contributed by atoms with Gasteiger partial charge in [-0.25, -0.2) is 4.98 Å². The number of nitrogens with zero attached hydrogens (tertiary/aromatic N) is 2. The van der Waals surface area contributed by atoms with Gasteiger partial charge in [0.1, 0.15) is 0 Å². The molecule has 0 saturated heterocycles. The van der Waals surface area contributed by atoms with Gasteiger partial charge < -0.3 is 10.6 Å². The van der Waals surface area contributed by atoms with Crippen molar-refractivity contribution in [2.45, 2.75) is 15.7 Å². The van der Waals surface area contributed by atoms with Gasteiger partial charge in [-0.2, -0.15) is 17.5 Å². The average Bonchev–Trinajstić information content (AvgIpc) is 3.21. The van der Waals surface area contributed by atoms with E-state index in [-0.39, 0.29) is 17.2 Å². The fourth-order valence-corrected chi connectivity index (χ4v) is 4.37. The van der Waals surface area contributed by atoms with E-state index >= 15 is 0 Å². The van der Waals surface area contributed by atoms with Crippen LogP contribution >= 0.6 is 35.1 Å². The van der Waals surface area contributed by atoms with Gasteiger partial charge in [-0.3, -0.25) is 9.59 Å². The van der Waals surface area contributed by atoms with Crippen molar-refractivity contribution in [3.8, 4) is 0 Å². The molecule has 6 nitrogen and oxygen atoms in total. The number of thioether (sulfide) groups is 2. The molecule has 0 atom stereocenters. The first-order valence-electron chi connectivity index (χ1n) is 8.64. The number of nitrogens with one attached hydrogen (secondary N) is 2. The molecule has 2 amide bonds. The van der Waals surface area contributed by atoms with Crippen LogP contribution in [0.2, 0.25) is 0 Å². The van der Waals surface area contributed by atoms with Gasteiger partial charge in [0.05, 0.1) is 22.7 Å². The number of rotatable bonds is 7. The molecule has 3 aromatic rings. The monoisotopic (exact) mass is 484 g/mol. The molecule has 0 aliphatic carbocycles. The molecular formula is C19H15F3N4O2S3. The predicted octanol–water partition coefficient (Wildman–Crippen LogP) is 5.26. The van der Waals surface area contributed by atoms with E-state index in [4.69, 9.17) is 0 Å². The van der Waals surface area contributed by atoms with E-state index in [1.165, 1.54) is 35.1 Å². The Hall–Kier alpha value is -2.57. The van der Waals surface area contributed by atoms with Crippen molar-refractivity contribution in [3.63, 3.8) is 0 Å². The van der Waals surface area contributed by atoms with Crippen LogP contribution in [0.3, 0.4) is 0 Å². The Balaban J connectivity index is 1.63. The molecule has 0 bridgehead atoms. The summed E-state index contributed by atoms with van der Waals surface area (Å²) in [7, 11) is 0. The van der Waals surface area contributed by atoms with Gasteiger partial charge in [-0.15, -0.1) is 0 Å². The number of alkyl halides is 3. The molecule has 12 heteroatoms. The number of benzene rings is 2. The predicted molar refractivity (Wildman–Crippen MR) is 117 cm³/mol. The number of carbonyl (C=O) groups is 2. The number of halogens is 3. The van der Waals surface area contributed by atoms with Crippen LogP contribution in [0.5, 0.6) is 0 Å². The quantitative estimate of drug-likeness (QED) is 0.445. The lowest BCUT2D eigenvalue weighted by atomic mass is 10.1. The summed E-state index contributed by atoms with van der Waals surface area (Å²) in [5, 5.41) is 5.97. The van der Waals surface area contributed by atoms with Gasteiger partial charge >= 0.3 is 6.18 Å². The van der Waals surface area contributed by atoms with Crippen LogP contribution in [-0.2, 0) is 11.0 Å². The molecule has 162 valence electrons. The molecule has 0 aliphatic rings. The Labute approximate surface area is 188 Å². The fraction of sp³-hybridized carbons (Fsp3) is 0.158. The zero-order valence-electron chi connectivity index (χ0n) is 15.9. The highest BCUT2D eigenvalue weighted by Gasteiger charge is 2.30. The van der Waals surface area contributed by atoms with Crippen molar-refractivity contribution in [1.29, 1.82) is 0 Å². The summed E-state index contributed by atoms with van der Waals surface area (Å²) in [4.78, 5) is 29.0. The molecule has 2 N–H and O–H groups in total. The van der Waals surface area contributed by atoms with Crippen molar-refractivity contribution in [2.75, 3.05) is 22.6 Å². The van der Waals surface area contributed by atoms with Crippen molar-refractivity contribution in [3.05, 3.63) is 59.7 Å². The molecule has 3 rings (SSSR count). The second-order valence-corrected chi connectivity index (χ2v) is 8.71. The largest absolute Gasteiger partial charge is 0.416 e. The average molecular weight is 485 g/mol. The van der Waals surface area contributed by atoms with E-state index in [0.29, 0.717) is 20.9 Å². The van der Waals surface area contributed by atoms with Crippen LogP contribution in [-0.4, -0.2) is 33.2 Å². The second kappa shape index (κ2) is 10.2. The highest BCUT2D eigenvalue weighted by molar-refractivity contribution is 8.01. The molecule has 0 unspecified atom stereocenters. The number of para-hydroxylation sites is 2. The van der Waals surface area contributed by atoms with Crippen LogP contribution in [0.4, 0.5) is 24.5 Å². The normalized spacial score (nSPS) is 11.2. The first-order valence-corrected chi connectivity index (χ1v) is 11.6. The summed E-state index contributed by atoms with van der Waals surface area (Å²) in [6, 6.07) is 10.4. The maximum Gasteiger partial charge on any atom is 0.416 e. The summed E-state index contributed by atoms with van der Waals surface area (Å²) in [5.41, 5.74) is -0.0818. The van der Waals surface area contributed by atoms with Gasteiger partial charge in [-0.05, 0) is 54.2 Å². The van der Waals surface area contributed by atoms with Gasteiger partial charge in [0, 0.05) is 5.56 Å². The first kappa shape index (κ1) is 23.1. The third-order valence-electron chi connectivity index (χ3n) is 3.82. The van der Waals surface area contributed by atoms with Gasteiger partial charge in [0.15, 0.2) is 4.34 Å². The number of carbonyl (C=O) groups excluding carboxylic acids is 2. The Kier molecular flexibility index (Phi) is 7.57. The summed E-state index contributed by atoms with van der Waals surface area (Å²) in [6.07, 6.45) is -2.62. The number of hydrogen-bond acceptors (Lipinski definition) is 7. The van der Waals surface area contributed by atoms with Crippen LogP contribution in [0.25, 0.3) is 0 Å². The Bertz CT molecular complexity index is 1070. The van der Waals surface area contributed by atoms with Crippen molar-refractivity contribution in [2.24, 2.45) is 0 Å². The minimum atomic E-state index is -4.48. The van der Waals surface area contributed by atoms with Crippen molar-refractivity contribution < 1.29 is 22.8 Å². The Morgan fingerprint density at radius 1 is 1.03 bits per heavy atom. The topological polar surface area (TPSA) is 84.0 Å².